The van der Waals surface area contributed by atoms with Crippen molar-refractivity contribution in [3.63, 3.8) is 0 Å². The van der Waals surface area contributed by atoms with Gasteiger partial charge in [-0.3, -0.25) is 4.79 Å². The summed E-state index contributed by atoms with van der Waals surface area (Å²) in [6, 6.07) is 11.3. The van der Waals surface area contributed by atoms with Crippen molar-refractivity contribution in [3.8, 4) is 11.5 Å². The van der Waals surface area contributed by atoms with E-state index < -0.39 is 0 Å². The SMILES string of the molecule is Cc1[nH]c2ccc(C(=O)NC(C)c3ccc4c(c3)OCO4)cc2c1C. The van der Waals surface area contributed by atoms with Crippen LogP contribution in [0, 0.1) is 13.8 Å². The first kappa shape index (κ1) is 15.6. The molecule has 128 valence electrons. The van der Waals surface area contributed by atoms with Crippen molar-refractivity contribution in [1.29, 1.82) is 0 Å². The Balaban J connectivity index is 1.56. The molecule has 1 aliphatic rings. The van der Waals surface area contributed by atoms with Crippen LogP contribution in [0.15, 0.2) is 36.4 Å². The molecule has 3 aromatic rings. The molecule has 4 rings (SSSR count). The number of carbonyl (C=O) groups excluding carboxylic acids is 1. The minimum Gasteiger partial charge on any atom is -0.454 e. The van der Waals surface area contributed by atoms with Crippen molar-refractivity contribution in [1.82, 2.24) is 10.3 Å². The Bertz CT molecular complexity index is 974. The van der Waals surface area contributed by atoms with Gasteiger partial charge in [-0.15, -0.1) is 0 Å². The van der Waals surface area contributed by atoms with E-state index in [1.807, 2.05) is 50.2 Å². The number of aryl methyl sites for hydroxylation is 2. The fourth-order valence-corrected chi connectivity index (χ4v) is 3.15. The van der Waals surface area contributed by atoms with Gasteiger partial charge in [-0.25, -0.2) is 0 Å². The molecule has 0 fully saturated rings. The Morgan fingerprint density at radius 3 is 2.76 bits per heavy atom. The van der Waals surface area contributed by atoms with Gasteiger partial charge in [0.05, 0.1) is 6.04 Å². The smallest absolute Gasteiger partial charge is 0.251 e. The number of hydrogen-bond acceptors (Lipinski definition) is 3. The molecule has 25 heavy (non-hydrogen) atoms. The first-order chi connectivity index (χ1) is 12.0. The summed E-state index contributed by atoms with van der Waals surface area (Å²) in [5, 5.41) is 4.13. The Labute approximate surface area is 146 Å². The summed E-state index contributed by atoms with van der Waals surface area (Å²) in [6.45, 7) is 6.30. The lowest BCUT2D eigenvalue weighted by Gasteiger charge is -2.15. The normalized spacial score (nSPS) is 13.9. The van der Waals surface area contributed by atoms with Crippen LogP contribution in [0.2, 0.25) is 0 Å². The molecule has 5 nitrogen and oxygen atoms in total. The minimum atomic E-state index is -0.133. The Morgan fingerprint density at radius 1 is 1.12 bits per heavy atom. The van der Waals surface area contributed by atoms with Crippen LogP contribution in [0.25, 0.3) is 10.9 Å². The third-order valence-corrected chi connectivity index (χ3v) is 4.81. The van der Waals surface area contributed by atoms with Crippen molar-refractivity contribution in [2.24, 2.45) is 0 Å². The van der Waals surface area contributed by atoms with E-state index in [9.17, 15) is 4.79 Å². The quantitative estimate of drug-likeness (QED) is 0.760. The summed E-state index contributed by atoms with van der Waals surface area (Å²) < 4.78 is 10.7. The van der Waals surface area contributed by atoms with Gasteiger partial charge in [0.2, 0.25) is 6.79 Å². The molecular formula is C20H20N2O3. The summed E-state index contributed by atoms with van der Waals surface area (Å²) in [4.78, 5) is 16.0. The molecule has 1 aliphatic heterocycles. The van der Waals surface area contributed by atoms with E-state index in [-0.39, 0.29) is 18.7 Å². The molecule has 0 spiro atoms. The van der Waals surface area contributed by atoms with E-state index in [1.165, 1.54) is 5.56 Å². The first-order valence-electron chi connectivity index (χ1n) is 8.32. The van der Waals surface area contributed by atoms with E-state index in [1.54, 1.807) is 0 Å². The van der Waals surface area contributed by atoms with E-state index in [4.69, 9.17) is 9.47 Å². The maximum absolute atomic E-state index is 12.6. The highest BCUT2D eigenvalue weighted by Crippen LogP contribution is 2.34. The number of rotatable bonds is 3. The van der Waals surface area contributed by atoms with Gasteiger partial charge in [0.15, 0.2) is 11.5 Å². The number of H-pyrrole nitrogens is 1. The molecule has 0 saturated carbocycles. The minimum absolute atomic E-state index is 0.0923. The zero-order valence-corrected chi connectivity index (χ0v) is 14.5. The van der Waals surface area contributed by atoms with Crippen molar-refractivity contribution in [2.45, 2.75) is 26.8 Å². The standard InChI is InChI=1S/C20H20N2O3/c1-11-12(2)21-17-6-4-15(8-16(11)17)20(23)22-13(3)14-5-7-18-19(9-14)25-10-24-18/h4-9,13,21H,10H2,1-3H3,(H,22,23). The van der Waals surface area contributed by atoms with E-state index >= 15 is 0 Å². The number of amides is 1. The average Bonchev–Trinajstić information content (AvgIpc) is 3.18. The van der Waals surface area contributed by atoms with Crippen molar-refractivity contribution in [3.05, 3.63) is 58.8 Å². The lowest BCUT2D eigenvalue weighted by atomic mass is 10.1. The second-order valence-electron chi connectivity index (χ2n) is 6.44. The summed E-state index contributed by atoms with van der Waals surface area (Å²) in [7, 11) is 0. The van der Waals surface area contributed by atoms with E-state index in [2.05, 4.69) is 17.2 Å². The van der Waals surface area contributed by atoms with Crippen molar-refractivity contribution in [2.75, 3.05) is 6.79 Å². The van der Waals surface area contributed by atoms with Crippen LogP contribution in [0.3, 0.4) is 0 Å². The number of nitrogens with one attached hydrogen (secondary N) is 2. The number of aromatic nitrogens is 1. The van der Waals surface area contributed by atoms with Crippen LogP contribution in [-0.4, -0.2) is 17.7 Å². The monoisotopic (exact) mass is 336 g/mol. The van der Waals surface area contributed by atoms with Gasteiger partial charge in [-0.2, -0.15) is 0 Å². The van der Waals surface area contributed by atoms with Crippen LogP contribution in [0.4, 0.5) is 0 Å². The molecule has 5 heteroatoms. The van der Waals surface area contributed by atoms with Crippen molar-refractivity contribution >= 4 is 16.8 Å². The lowest BCUT2D eigenvalue weighted by Crippen LogP contribution is -2.26. The molecule has 0 radical (unpaired) electrons. The van der Waals surface area contributed by atoms with Gasteiger partial charge in [0, 0.05) is 22.2 Å². The number of aromatic amines is 1. The summed E-state index contributed by atoms with van der Waals surface area (Å²) in [5.74, 6) is 1.37. The molecule has 0 saturated heterocycles. The molecule has 1 atom stereocenters. The zero-order chi connectivity index (χ0) is 17.6. The molecule has 2 N–H and O–H groups in total. The molecule has 1 aromatic heterocycles. The average molecular weight is 336 g/mol. The molecule has 2 aromatic carbocycles. The van der Waals surface area contributed by atoms with Crippen LogP contribution >= 0.6 is 0 Å². The van der Waals surface area contributed by atoms with Gasteiger partial charge >= 0.3 is 0 Å². The number of hydrogen-bond donors (Lipinski definition) is 2. The van der Waals surface area contributed by atoms with Crippen molar-refractivity contribution < 1.29 is 14.3 Å². The summed E-state index contributed by atoms with van der Waals surface area (Å²) in [6.07, 6.45) is 0. The number of ether oxygens (including phenoxy) is 2. The van der Waals surface area contributed by atoms with E-state index in [0.717, 1.165) is 33.7 Å². The van der Waals surface area contributed by atoms with E-state index in [0.29, 0.717) is 5.56 Å². The summed E-state index contributed by atoms with van der Waals surface area (Å²) in [5.41, 5.74) is 4.99. The number of fused-ring (bicyclic) bond motifs is 2. The third-order valence-electron chi connectivity index (χ3n) is 4.81. The molecule has 1 unspecified atom stereocenters. The largest absolute Gasteiger partial charge is 0.454 e. The van der Waals surface area contributed by atoms with Crippen LogP contribution < -0.4 is 14.8 Å². The number of benzene rings is 2. The van der Waals surface area contributed by atoms with Gasteiger partial charge < -0.3 is 19.8 Å². The first-order valence-corrected chi connectivity index (χ1v) is 8.32. The number of carbonyl (C=O) groups is 1. The van der Waals surface area contributed by atoms with Crippen LogP contribution in [0.1, 0.15) is 40.1 Å². The molecule has 0 aliphatic carbocycles. The second-order valence-corrected chi connectivity index (χ2v) is 6.44. The molecule has 2 heterocycles. The fraction of sp³-hybridized carbons (Fsp3) is 0.250. The summed E-state index contributed by atoms with van der Waals surface area (Å²) >= 11 is 0. The van der Waals surface area contributed by atoms with Gasteiger partial charge in [-0.1, -0.05) is 6.07 Å². The molecular weight excluding hydrogens is 316 g/mol. The highest BCUT2D eigenvalue weighted by atomic mass is 16.7. The topological polar surface area (TPSA) is 63.4 Å². The predicted molar refractivity (Wildman–Crippen MR) is 96.2 cm³/mol. The van der Waals surface area contributed by atoms with Crippen LogP contribution in [-0.2, 0) is 0 Å². The third kappa shape index (κ3) is 2.71. The second kappa shape index (κ2) is 5.84. The predicted octanol–water partition coefficient (Wildman–Crippen LogP) is 4.00. The Kier molecular flexibility index (Phi) is 3.64. The van der Waals surface area contributed by atoms with Gasteiger partial charge in [0.25, 0.3) is 5.91 Å². The molecule has 1 amide bonds. The maximum Gasteiger partial charge on any atom is 0.251 e. The van der Waals surface area contributed by atoms with Gasteiger partial charge in [0.1, 0.15) is 0 Å². The highest BCUT2D eigenvalue weighted by Gasteiger charge is 2.18. The lowest BCUT2D eigenvalue weighted by molar-refractivity contribution is 0.0940. The maximum atomic E-state index is 12.6. The molecule has 0 bridgehead atoms. The zero-order valence-electron chi connectivity index (χ0n) is 14.5. The van der Waals surface area contributed by atoms with Crippen LogP contribution in [0.5, 0.6) is 11.5 Å². The Morgan fingerprint density at radius 2 is 1.92 bits per heavy atom. The fourth-order valence-electron chi connectivity index (χ4n) is 3.15. The highest BCUT2D eigenvalue weighted by molar-refractivity contribution is 5.99. The Hall–Kier alpha value is -2.95. The van der Waals surface area contributed by atoms with Gasteiger partial charge in [-0.05, 0) is 62.2 Å².